The van der Waals surface area contributed by atoms with Crippen LogP contribution >= 0.6 is 0 Å². The molecule has 1 unspecified atom stereocenters. The molecule has 2 aromatic carbocycles. The lowest BCUT2D eigenvalue weighted by molar-refractivity contribution is 0.0905. The molecule has 2 N–H and O–H groups in total. The number of carbonyl (C=O) groups is 2. The van der Waals surface area contributed by atoms with Gasteiger partial charge < -0.3 is 15.0 Å². The van der Waals surface area contributed by atoms with Gasteiger partial charge in [0.05, 0.1) is 12.1 Å². The minimum atomic E-state index is -0.471. The Labute approximate surface area is 192 Å². The third kappa shape index (κ3) is 4.96. The molecule has 0 saturated heterocycles. The van der Waals surface area contributed by atoms with E-state index in [0.717, 1.165) is 29.5 Å². The zero-order chi connectivity index (χ0) is 23.6. The summed E-state index contributed by atoms with van der Waals surface area (Å²) in [5.74, 6) is -0.457. The zero-order valence-electron chi connectivity index (χ0n) is 18.9. The van der Waals surface area contributed by atoms with Crippen LogP contribution in [0, 0.1) is 6.92 Å². The average Bonchev–Trinajstić information content (AvgIpc) is 3.59. The molecule has 1 heterocycles. The van der Waals surface area contributed by atoms with E-state index in [-0.39, 0.29) is 36.2 Å². The molecule has 6 nitrogen and oxygen atoms in total. The molecule has 1 fully saturated rings. The summed E-state index contributed by atoms with van der Waals surface area (Å²) in [6, 6.07) is 18.2. The Balaban J connectivity index is 1.62. The molecule has 170 valence electrons. The van der Waals surface area contributed by atoms with Gasteiger partial charge in [0, 0.05) is 42.8 Å². The molecule has 1 amide bonds. The molecule has 0 bridgehead atoms. The summed E-state index contributed by atoms with van der Waals surface area (Å²) in [7, 11) is 1.63. The molecular weight excluding hydrogens is 416 g/mol. The van der Waals surface area contributed by atoms with Crippen molar-refractivity contribution in [2.45, 2.75) is 37.6 Å². The number of carbonyl (C=O) groups excluding carboxylic acids is 2. The van der Waals surface area contributed by atoms with Crippen molar-refractivity contribution in [1.29, 1.82) is 0 Å². The summed E-state index contributed by atoms with van der Waals surface area (Å²) < 4.78 is 1.41. The highest BCUT2D eigenvalue weighted by molar-refractivity contribution is 5.97. The normalized spacial score (nSPS) is 15.0. The Kier molecular flexibility index (Phi) is 6.29. The number of nitrogens with zero attached hydrogens (tertiary/aromatic N) is 1. The van der Waals surface area contributed by atoms with Crippen LogP contribution in [0.4, 0.5) is 0 Å². The van der Waals surface area contributed by atoms with Crippen molar-refractivity contribution in [2.24, 2.45) is 7.05 Å². The zero-order valence-corrected chi connectivity index (χ0v) is 18.9. The monoisotopic (exact) mass is 444 g/mol. The standard InChI is InChI=1S/C27H28N2O4/c1-18-5-3-4-6-22(18)23(15-24(31)21-11-12-25(32)29(2)16-21)19-7-9-20(10-8-19)26(33)28-27(17-30)13-14-27/h3-12,16,23,30H,13-15,17H2,1-2H3,(H,28,33). The summed E-state index contributed by atoms with van der Waals surface area (Å²) in [6.45, 7) is 1.96. The van der Waals surface area contributed by atoms with E-state index in [9.17, 15) is 19.5 Å². The molecule has 4 rings (SSSR count). The predicted molar refractivity (Wildman–Crippen MR) is 127 cm³/mol. The number of aliphatic hydroxyl groups is 1. The van der Waals surface area contributed by atoms with Crippen LogP contribution in [-0.2, 0) is 7.05 Å². The van der Waals surface area contributed by atoms with E-state index in [1.165, 1.54) is 10.6 Å². The predicted octanol–water partition coefficient (Wildman–Crippen LogP) is 3.35. The number of amides is 1. The van der Waals surface area contributed by atoms with Gasteiger partial charge in [0.25, 0.3) is 5.91 Å². The summed E-state index contributed by atoms with van der Waals surface area (Å²) in [6.07, 6.45) is 3.38. The van der Waals surface area contributed by atoms with Crippen molar-refractivity contribution in [1.82, 2.24) is 9.88 Å². The fraction of sp³-hybridized carbons (Fsp3) is 0.296. The smallest absolute Gasteiger partial charge is 0.251 e. The molecule has 6 heteroatoms. The van der Waals surface area contributed by atoms with Crippen molar-refractivity contribution in [3.63, 3.8) is 0 Å². The maximum absolute atomic E-state index is 13.1. The van der Waals surface area contributed by atoms with E-state index in [1.807, 2.05) is 43.3 Å². The fourth-order valence-corrected chi connectivity index (χ4v) is 4.10. The number of aryl methyl sites for hydroxylation is 2. The minimum Gasteiger partial charge on any atom is -0.394 e. The van der Waals surface area contributed by atoms with Gasteiger partial charge in [-0.05, 0) is 54.7 Å². The van der Waals surface area contributed by atoms with Gasteiger partial charge in [-0.15, -0.1) is 0 Å². The number of pyridine rings is 1. The van der Waals surface area contributed by atoms with Crippen molar-refractivity contribution in [2.75, 3.05) is 6.61 Å². The molecule has 1 saturated carbocycles. The van der Waals surface area contributed by atoms with Gasteiger partial charge in [0.15, 0.2) is 5.78 Å². The van der Waals surface area contributed by atoms with Crippen molar-refractivity contribution in [3.05, 3.63) is 105 Å². The number of hydrogen-bond donors (Lipinski definition) is 2. The van der Waals surface area contributed by atoms with E-state index < -0.39 is 5.54 Å². The van der Waals surface area contributed by atoms with Crippen LogP contribution in [0.1, 0.15) is 62.6 Å². The van der Waals surface area contributed by atoms with Gasteiger partial charge in [-0.1, -0.05) is 36.4 Å². The SMILES string of the molecule is Cc1ccccc1C(CC(=O)c1ccc(=O)n(C)c1)c1ccc(C(=O)NC2(CO)CC2)cc1. The highest BCUT2D eigenvalue weighted by Crippen LogP contribution is 2.35. The summed E-state index contributed by atoms with van der Waals surface area (Å²) in [5.41, 5.74) is 3.44. The second kappa shape index (κ2) is 9.16. The van der Waals surface area contributed by atoms with Crippen LogP contribution in [0.3, 0.4) is 0 Å². The highest BCUT2D eigenvalue weighted by Gasteiger charge is 2.43. The number of aromatic nitrogens is 1. The number of Topliss-reactive ketones (excluding diaryl/α,β-unsaturated/α-hetero) is 1. The fourth-order valence-electron chi connectivity index (χ4n) is 4.10. The third-order valence-electron chi connectivity index (χ3n) is 6.47. The molecule has 33 heavy (non-hydrogen) atoms. The topological polar surface area (TPSA) is 88.4 Å². The van der Waals surface area contributed by atoms with E-state index >= 15 is 0 Å². The molecule has 3 aromatic rings. The van der Waals surface area contributed by atoms with Crippen molar-refractivity contribution >= 4 is 11.7 Å². The first-order chi connectivity index (χ1) is 15.8. The maximum atomic E-state index is 13.1. The Bertz CT molecular complexity index is 1240. The minimum absolute atomic E-state index is 0.0562. The summed E-state index contributed by atoms with van der Waals surface area (Å²) in [5, 5.41) is 12.4. The van der Waals surface area contributed by atoms with Gasteiger partial charge in [0.2, 0.25) is 5.56 Å². The summed E-state index contributed by atoms with van der Waals surface area (Å²) in [4.78, 5) is 37.4. The molecule has 0 radical (unpaired) electrons. The third-order valence-corrected chi connectivity index (χ3v) is 6.47. The molecule has 0 aliphatic heterocycles. The maximum Gasteiger partial charge on any atom is 0.251 e. The highest BCUT2D eigenvalue weighted by atomic mass is 16.3. The number of aliphatic hydroxyl groups excluding tert-OH is 1. The Morgan fingerprint density at radius 3 is 2.30 bits per heavy atom. The van der Waals surface area contributed by atoms with Crippen LogP contribution < -0.4 is 10.9 Å². The number of benzene rings is 2. The number of rotatable bonds is 8. The van der Waals surface area contributed by atoms with Gasteiger partial charge >= 0.3 is 0 Å². The number of nitrogens with one attached hydrogen (secondary N) is 1. The van der Waals surface area contributed by atoms with Gasteiger partial charge in [-0.2, -0.15) is 0 Å². The molecule has 1 atom stereocenters. The lowest BCUT2D eigenvalue weighted by Gasteiger charge is -2.20. The van der Waals surface area contributed by atoms with Crippen molar-refractivity contribution < 1.29 is 14.7 Å². The number of hydrogen-bond acceptors (Lipinski definition) is 4. The molecular formula is C27H28N2O4. The first-order valence-electron chi connectivity index (χ1n) is 11.1. The summed E-state index contributed by atoms with van der Waals surface area (Å²) >= 11 is 0. The lowest BCUT2D eigenvalue weighted by Crippen LogP contribution is -2.39. The second-order valence-corrected chi connectivity index (χ2v) is 8.92. The van der Waals surface area contributed by atoms with Gasteiger partial charge in [-0.3, -0.25) is 14.4 Å². The largest absolute Gasteiger partial charge is 0.394 e. The molecule has 1 aliphatic rings. The van der Waals surface area contributed by atoms with E-state index in [1.54, 1.807) is 31.4 Å². The second-order valence-electron chi connectivity index (χ2n) is 8.92. The van der Waals surface area contributed by atoms with E-state index in [2.05, 4.69) is 5.32 Å². The van der Waals surface area contributed by atoms with Crippen LogP contribution in [-0.4, -0.2) is 33.5 Å². The lowest BCUT2D eigenvalue weighted by atomic mass is 9.83. The quantitative estimate of drug-likeness (QED) is 0.522. The van der Waals surface area contributed by atoms with Crippen LogP contribution in [0.5, 0.6) is 0 Å². The molecule has 0 spiro atoms. The molecule has 1 aromatic heterocycles. The first-order valence-corrected chi connectivity index (χ1v) is 11.1. The van der Waals surface area contributed by atoms with Crippen LogP contribution in [0.25, 0.3) is 0 Å². The molecule has 1 aliphatic carbocycles. The van der Waals surface area contributed by atoms with Gasteiger partial charge in [0.1, 0.15) is 0 Å². The average molecular weight is 445 g/mol. The van der Waals surface area contributed by atoms with E-state index in [0.29, 0.717) is 11.1 Å². The number of ketones is 1. The Morgan fingerprint density at radius 2 is 1.70 bits per heavy atom. The van der Waals surface area contributed by atoms with Crippen molar-refractivity contribution in [3.8, 4) is 0 Å². The Morgan fingerprint density at radius 1 is 1.03 bits per heavy atom. The van der Waals surface area contributed by atoms with Crippen LogP contribution in [0.2, 0.25) is 0 Å². The van der Waals surface area contributed by atoms with Gasteiger partial charge in [-0.25, -0.2) is 0 Å². The van der Waals surface area contributed by atoms with Crippen LogP contribution in [0.15, 0.2) is 71.7 Å². The van der Waals surface area contributed by atoms with E-state index in [4.69, 9.17) is 0 Å². The first kappa shape index (κ1) is 22.7. The Hall–Kier alpha value is -3.51.